The average Bonchev–Trinajstić information content (AvgIpc) is 2.00. The van der Waals surface area contributed by atoms with Gasteiger partial charge in [-0.1, -0.05) is 0 Å². The molecular formula is C5H12N2O3. The maximum atomic E-state index is 10.7. The topological polar surface area (TPSA) is 64.0 Å². The molecule has 10 heavy (non-hydrogen) atoms. The van der Waals surface area contributed by atoms with Crippen LogP contribution in [-0.2, 0) is 0 Å². The van der Waals surface area contributed by atoms with Gasteiger partial charge in [-0.3, -0.25) is 10.4 Å². The predicted molar refractivity (Wildman–Crippen MR) is 33.7 cm³/mol. The molecule has 0 radical (unpaired) electrons. The second kappa shape index (κ2) is 4.08. The largest absolute Gasteiger partial charge is 0.367 e. The van der Waals surface area contributed by atoms with Crippen molar-refractivity contribution >= 4 is 6.03 Å². The third-order valence-electron chi connectivity index (χ3n) is 1.04. The number of nitrogens with zero attached hydrogens (tertiary/aromatic N) is 2. The molecule has 2 N–H and O–H groups in total. The summed E-state index contributed by atoms with van der Waals surface area (Å²) in [4.78, 5) is 10.7. The number of hydroxylamine groups is 4. The van der Waals surface area contributed by atoms with Crippen LogP contribution in [0.1, 0.15) is 13.8 Å². The molecule has 0 bridgehead atoms. The van der Waals surface area contributed by atoms with Crippen molar-refractivity contribution in [3.63, 3.8) is 0 Å². The van der Waals surface area contributed by atoms with Crippen molar-refractivity contribution in [1.82, 2.24) is 10.1 Å². The molecule has 60 valence electrons. The Morgan fingerprint density at radius 2 is 1.50 bits per heavy atom. The van der Waals surface area contributed by atoms with E-state index in [4.69, 9.17) is 10.4 Å². The molecule has 0 saturated heterocycles. The van der Waals surface area contributed by atoms with Crippen molar-refractivity contribution in [1.29, 1.82) is 0 Å². The van der Waals surface area contributed by atoms with E-state index in [1.54, 1.807) is 13.8 Å². The number of amides is 2. The molecule has 0 atom stereocenters. The van der Waals surface area contributed by atoms with Crippen LogP contribution in [0.5, 0.6) is 0 Å². The van der Waals surface area contributed by atoms with Crippen LogP contribution in [0.2, 0.25) is 0 Å². The Morgan fingerprint density at radius 3 is 1.70 bits per heavy atom. The lowest BCUT2D eigenvalue weighted by molar-refractivity contribution is -0.113. The van der Waals surface area contributed by atoms with E-state index in [1.807, 2.05) is 0 Å². The van der Waals surface area contributed by atoms with E-state index in [2.05, 4.69) is 0 Å². The van der Waals surface area contributed by atoms with Crippen LogP contribution in [0.3, 0.4) is 0 Å². The van der Waals surface area contributed by atoms with Gasteiger partial charge in [0.05, 0.1) is 0 Å². The van der Waals surface area contributed by atoms with Crippen molar-refractivity contribution < 1.29 is 15.2 Å². The van der Waals surface area contributed by atoms with E-state index in [-0.39, 0.29) is 13.1 Å². The zero-order chi connectivity index (χ0) is 8.15. The monoisotopic (exact) mass is 148 g/mol. The normalized spacial score (nSPS) is 9.20. The summed E-state index contributed by atoms with van der Waals surface area (Å²) >= 11 is 0. The summed E-state index contributed by atoms with van der Waals surface area (Å²) in [7, 11) is 0. The molecule has 0 heterocycles. The van der Waals surface area contributed by atoms with Gasteiger partial charge in [-0.15, -0.1) is 0 Å². The zero-order valence-corrected chi connectivity index (χ0v) is 6.11. The number of carbonyl (C=O) groups is 1. The molecular weight excluding hydrogens is 136 g/mol. The SMILES string of the molecule is CCN(O)C(=O)N(O)CC. The highest BCUT2D eigenvalue weighted by Crippen LogP contribution is 1.90. The maximum absolute atomic E-state index is 10.7. The van der Waals surface area contributed by atoms with E-state index in [0.29, 0.717) is 10.1 Å². The highest BCUT2D eigenvalue weighted by molar-refractivity contribution is 5.71. The van der Waals surface area contributed by atoms with Crippen molar-refractivity contribution in [3.8, 4) is 0 Å². The Labute approximate surface area is 59.4 Å². The first-order valence-electron chi connectivity index (χ1n) is 3.10. The average molecular weight is 148 g/mol. The molecule has 5 heteroatoms. The highest BCUT2D eigenvalue weighted by atomic mass is 16.6. The Hall–Kier alpha value is -0.810. The van der Waals surface area contributed by atoms with Gasteiger partial charge in [0.15, 0.2) is 0 Å². The molecule has 0 aliphatic heterocycles. The van der Waals surface area contributed by atoms with Crippen LogP contribution in [0, 0.1) is 0 Å². The number of urea groups is 1. The summed E-state index contributed by atoms with van der Waals surface area (Å²) in [6.07, 6.45) is 0. The van der Waals surface area contributed by atoms with E-state index in [9.17, 15) is 4.79 Å². The van der Waals surface area contributed by atoms with Gasteiger partial charge in [0, 0.05) is 13.1 Å². The summed E-state index contributed by atoms with van der Waals surface area (Å²) in [5.74, 6) is 0. The van der Waals surface area contributed by atoms with Crippen LogP contribution in [0.15, 0.2) is 0 Å². The fourth-order valence-electron chi connectivity index (χ4n) is 0.404. The van der Waals surface area contributed by atoms with Gasteiger partial charge < -0.3 is 0 Å². The molecule has 0 aromatic rings. The quantitative estimate of drug-likeness (QED) is 0.443. The van der Waals surface area contributed by atoms with Gasteiger partial charge in [-0.25, -0.2) is 14.9 Å². The fraction of sp³-hybridized carbons (Fsp3) is 0.800. The first kappa shape index (κ1) is 9.19. The van der Waals surface area contributed by atoms with Crippen molar-refractivity contribution in [2.45, 2.75) is 13.8 Å². The number of hydrogen-bond acceptors (Lipinski definition) is 3. The van der Waals surface area contributed by atoms with Crippen LogP contribution in [0.25, 0.3) is 0 Å². The number of rotatable bonds is 2. The lowest BCUT2D eigenvalue weighted by atomic mass is 10.7. The van der Waals surface area contributed by atoms with Crippen molar-refractivity contribution in [3.05, 3.63) is 0 Å². The second-order valence-electron chi connectivity index (χ2n) is 1.71. The second-order valence-corrected chi connectivity index (χ2v) is 1.71. The molecule has 2 amide bonds. The molecule has 0 unspecified atom stereocenters. The number of hydrogen-bond donors (Lipinski definition) is 2. The van der Waals surface area contributed by atoms with Gasteiger partial charge in [-0.05, 0) is 13.8 Å². The third-order valence-corrected chi connectivity index (χ3v) is 1.04. The van der Waals surface area contributed by atoms with Gasteiger partial charge in [0.2, 0.25) is 0 Å². The summed E-state index contributed by atoms with van der Waals surface area (Å²) in [5.41, 5.74) is 0. The standard InChI is InChI=1S/C5H12N2O3/c1-3-6(9)5(8)7(10)4-2/h9-10H,3-4H2,1-2H3. The lowest BCUT2D eigenvalue weighted by Gasteiger charge is -2.18. The van der Waals surface area contributed by atoms with Crippen LogP contribution in [0.4, 0.5) is 4.79 Å². The van der Waals surface area contributed by atoms with Crippen LogP contribution < -0.4 is 0 Å². The van der Waals surface area contributed by atoms with E-state index in [1.165, 1.54) is 0 Å². The summed E-state index contributed by atoms with van der Waals surface area (Å²) in [6.45, 7) is 3.52. The first-order valence-corrected chi connectivity index (χ1v) is 3.10. The molecule has 0 rings (SSSR count). The van der Waals surface area contributed by atoms with Crippen molar-refractivity contribution in [2.75, 3.05) is 13.1 Å². The first-order chi connectivity index (χ1) is 4.63. The fourth-order valence-corrected chi connectivity index (χ4v) is 0.404. The molecule has 5 nitrogen and oxygen atoms in total. The molecule has 0 aliphatic rings. The Kier molecular flexibility index (Phi) is 3.75. The molecule has 0 spiro atoms. The summed E-state index contributed by atoms with van der Waals surface area (Å²) in [5, 5.41) is 18.3. The Bertz CT molecular complexity index is 105. The van der Waals surface area contributed by atoms with E-state index >= 15 is 0 Å². The lowest BCUT2D eigenvalue weighted by Crippen LogP contribution is -2.39. The van der Waals surface area contributed by atoms with Crippen molar-refractivity contribution in [2.24, 2.45) is 0 Å². The van der Waals surface area contributed by atoms with Gasteiger partial charge in [-0.2, -0.15) is 0 Å². The minimum Gasteiger partial charge on any atom is -0.284 e. The smallest absolute Gasteiger partial charge is 0.284 e. The molecule has 0 fully saturated rings. The minimum absolute atomic E-state index is 0.163. The number of carbonyl (C=O) groups excluding carboxylic acids is 1. The van der Waals surface area contributed by atoms with Gasteiger partial charge in [0.25, 0.3) is 0 Å². The van der Waals surface area contributed by atoms with Gasteiger partial charge >= 0.3 is 6.03 Å². The minimum atomic E-state index is -0.801. The summed E-state index contributed by atoms with van der Waals surface area (Å²) in [6, 6.07) is -0.801. The molecule has 0 saturated carbocycles. The zero-order valence-electron chi connectivity index (χ0n) is 6.11. The third kappa shape index (κ3) is 2.20. The summed E-state index contributed by atoms with van der Waals surface area (Å²) < 4.78 is 0. The van der Waals surface area contributed by atoms with E-state index in [0.717, 1.165) is 0 Å². The van der Waals surface area contributed by atoms with Crippen LogP contribution >= 0.6 is 0 Å². The Balaban J connectivity index is 3.82. The highest BCUT2D eigenvalue weighted by Gasteiger charge is 2.13. The predicted octanol–water partition coefficient (Wildman–Crippen LogP) is 0.529. The molecule has 0 aliphatic carbocycles. The van der Waals surface area contributed by atoms with Crippen LogP contribution in [-0.4, -0.2) is 39.7 Å². The van der Waals surface area contributed by atoms with Gasteiger partial charge in [0.1, 0.15) is 0 Å². The molecule has 0 aromatic heterocycles. The Morgan fingerprint density at radius 1 is 1.20 bits per heavy atom. The van der Waals surface area contributed by atoms with E-state index < -0.39 is 6.03 Å². The molecule has 0 aromatic carbocycles. The maximum Gasteiger partial charge on any atom is 0.367 e.